The van der Waals surface area contributed by atoms with Gasteiger partial charge < -0.3 is 10.2 Å². The summed E-state index contributed by atoms with van der Waals surface area (Å²) in [5.74, 6) is 0.0697. The number of aromatic nitrogens is 2. The van der Waals surface area contributed by atoms with Crippen LogP contribution < -0.4 is 10.2 Å². The zero-order valence-electron chi connectivity index (χ0n) is 15.9. The second kappa shape index (κ2) is 8.66. The predicted octanol–water partition coefficient (Wildman–Crippen LogP) is 2.85. The maximum Gasteiger partial charge on any atom is 0.244 e. The van der Waals surface area contributed by atoms with E-state index in [1.165, 1.54) is 0 Å². The van der Waals surface area contributed by atoms with E-state index in [-0.39, 0.29) is 11.8 Å². The van der Waals surface area contributed by atoms with Crippen LogP contribution in [0.5, 0.6) is 0 Å². The standard InChI is InChI=1S/C21H26N4O2/c1-16-15-17(2)25(23-16)14-4-12-22-20(26)11-8-18-6-9-19(10-7-18)24-13-3-5-21(24)27/h6-11,15H,3-5,12-14H2,1-2H3,(H,22,26). The molecule has 2 aromatic rings. The van der Waals surface area contributed by atoms with E-state index in [4.69, 9.17) is 0 Å². The SMILES string of the molecule is Cc1cc(C)n(CCCNC(=O)C=Cc2ccc(N3CCCC3=O)cc2)n1. The van der Waals surface area contributed by atoms with E-state index in [9.17, 15) is 9.59 Å². The molecule has 0 bridgehead atoms. The number of aryl methyl sites for hydroxylation is 3. The van der Waals surface area contributed by atoms with Crippen LogP contribution in [0.2, 0.25) is 0 Å². The molecule has 0 aliphatic carbocycles. The Labute approximate surface area is 159 Å². The molecule has 142 valence electrons. The van der Waals surface area contributed by atoms with Crippen LogP contribution in [0.1, 0.15) is 36.2 Å². The van der Waals surface area contributed by atoms with Gasteiger partial charge in [-0.2, -0.15) is 5.10 Å². The second-order valence-corrected chi connectivity index (χ2v) is 6.87. The lowest BCUT2D eigenvalue weighted by Gasteiger charge is -2.15. The largest absolute Gasteiger partial charge is 0.352 e. The summed E-state index contributed by atoms with van der Waals surface area (Å²) in [6.45, 7) is 6.20. The lowest BCUT2D eigenvalue weighted by atomic mass is 10.2. The van der Waals surface area contributed by atoms with Crippen molar-refractivity contribution in [1.29, 1.82) is 0 Å². The van der Waals surface area contributed by atoms with Crippen molar-refractivity contribution in [3.05, 3.63) is 53.4 Å². The number of nitrogens with zero attached hydrogens (tertiary/aromatic N) is 3. The highest BCUT2D eigenvalue weighted by molar-refractivity contribution is 5.95. The Hall–Kier alpha value is -2.89. The molecule has 6 heteroatoms. The topological polar surface area (TPSA) is 67.2 Å². The number of amides is 2. The number of rotatable bonds is 7. The molecule has 1 saturated heterocycles. The fourth-order valence-electron chi connectivity index (χ4n) is 3.26. The molecule has 27 heavy (non-hydrogen) atoms. The van der Waals surface area contributed by atoms with Crippen LogP contribution in [0.25, 0.3) is 6.08 Å². The van der Waals surface area contributed by atoms with Gasteiger partial charge in [0.1, 0.15) is 0 Å². The van der Waals surface area contributed by atoms with Gasteiger partial charge in [0.05, 0.1) is 5.69 Å². The number of carbonyl (C=O) groups is 2. The predicted molar refractivity (Wildman–Crippen MR) is 106 cm³/mol. The van der Waals surface area contributed by atoms with Crippen molar-refractivity contribution in [2.24, 2.45) is 0 Å². The average molecular weight is 366 g/mol. The summed E-state index contributed by atoms with van der Waals surface area (Å²) in [4.78, 5) is 25.5. The Morgan fingerprint density at radius 2 is 2.04 bits per heavy atom. The van der Waals surface area contributed by atoms with Crippen molar-refractivity contribution in [3.63, 3.8) is 0 Å². The molecule has 6 nitrogen and oxygen atoms in total. The summed E-state index contributed by atoms with van der Waals surface area (Å²) >= 11 is 0. The molecule has 1 aromatic carbocycles. The normalized spacial score (nSPS) is 14.3. The monoisotopic (exact) mass is 366 g/mol. The van der Waals surface area contributed by atoms with Crippen LogP contribution in [0, 0.1) is 13.8 Å². The van der Waals surface area contributed by atoms with Crippen molar-refractivity contribution in [3.8, 4) is 0 Å². The summed E-state index contributed by atoms with van der Waals surface area (Å²) < 4.78 is 1.96. The molecule has 0 radical (unpaired) electrons. The third-order valence-electron chi connectivity index (χ3n) is 4.65. The number of carbonyl (C=O) groups excluding carboxylic acids is 2. The smallest absolute Gasteiger partial charge is 0.244 e. The first-order chi connectivity index (χ1) is 13.0. The van der Waals surface area contributed by atoms with Gasteiger partial charge in [0, 0.05) is 43.5 Å². The Morgan fingerprint density at radius 3 is 2.67 bits per heavy atom. The van der Waals surface area contributed by atoms with Crippen LogP contribution in [-0.4, -0.2) is 34.7 Å². The summed E-state index contributed by atoms with van der Waals surface area (Å²) in [6, 6.07) is 9.75. The van der Waals surface area contributed by atoms with Crippen molar-refractivity contribution in [2.45, 2.75) is 39.7 Å². The van der Waals surface area contributed by atoms with E-state index in [0.717, 1.165) is 48.6 Å². The molecular weight excluding hydrogens is 340 g/mol. The summed E-state index contributed by atoms with van der Waals surface area (Å²) in [6.07, 6.45) is 5.70. The molecule has 0 atom stereocenters. The van der Waals surface area contributed by atoms with Crippen LogP contribution in [0.15, 0.2) is 36.4 Å². The number of anilines is 1. The van der Waals surface area contributed by atoms with Crippen molar-refractivity contribution < 1.29 is 9.59 Å². The molecule has 1 fully saturated rings. The molecule has 1 aliphatic heterocycles. The van der Waals surface area contributed by atoms with Gasteiger partial charge >= 0.3 is 0 Å². The third kappa shape index (κ3) is 5.06. The molecule has 1 aliphatic rings. The highest BCUT2D eigenvalue weighted by Crippen LogP contribution is 2.21. The molecule has 1 N–H and O–H groups in total. The average Bonchev–Trinajstić information content (AvgIpc) is 3.22. The van der Waals surface area contributed by atoms with Crippen molar-refractivity contribution in [2.75, 3.05) is 18.0 Å². The molecule has 2 amide bonds. The van der Waals surface area contributed by atoms with Gasteiger partial charge in [-0.1, -0.05) is 12.1 Å². The van der Waals surface area contributed by atoms with Crippen molar-refractivity contribution >= 4 is 23.6 Å². The molecule has 3 rings (SSSR count). The lowest BCUT2D eigenvalue weighted by molar-refractivity contribution is -0.117. The van der Waals surface area contributed by atoms with Gasteiger partial charge in [-0.25, -0.2) is 0 Å². The summed E-state index contributed by atoms with van der Waals surface area (Å²) in [5, 5.41) is 7.30. The molecule has 1 aromatic heterocycles. The van der Waals surface area contributed by atoms with Crippen LogP contribution in [0.4, 0.5) is 5.69 Å². The zero-order chi connectivity index (χ0) is 19.2. The minimum Gasteiger partial charge on any atom is -0.352 e. The lowest BCUT2D eigenvalue weighted by Crippen LogP contribution is -2.23. The van der Waals surface area contributed by atoms with E-state index in [1.807, 2.05) is 53.8 Å². The fourth-order valence-corrected chi connectivity index (χ4v) is 3.26. The molecular formula is C21H26N4O2. The highest BCUT2D eigenvalue weighted by Gasteiger charge is 2.21. The van der Waals surface area contributed by atoms with Crippen LogP contribution in [-0.2, 0) is 16.1 Å². The number of nitrogens with one attached hydrogen (secondary N) is 1. The second-order valence-electron chi connectivity index (χ2n) is 6.87. The van der Waals surface area contributed by atoms with Crippen molar-refractivity contribution in [1.82, 2.24) is 15.1 Å². The van der Waals surface area contributed by atoms with Crippen LogP contribution in [0.3, 0.4) is 0 Å². The fraction of sp³-hybridized carbons (Fsp3) is 0.381. The number of hydrogen-bond donors (Lipinski definition) is 1. The first-order valence-corrected chi connectivity index (χ1v) is 9.40. The summed E-state index contributed by atoms with van der Waals surface area (Å²) in [5.41, 5.74) is 4.00. The van der Waals surface area contributed by atoms with E-state index in [2.05, 4.69) is 10.4 Å². The van der Waals surface area contributed by atoms with E-state index in [0.29, 0.717) is 13.0 Å². The maximum absolute atomic E-state index is 11.9. The summed E-state index contributed by atoms with van der Waals surface area (Å²) in [7, 11) is 0. The molecule has 0 spiro atoms. The minimum atomic E-state index is -0.109. The first-order valence-electron chi connectivity index (χ1n) is 9.40. The number of benzene rings is 1. The van der Waals surface area contributed by atoms with E-state index < -0.39 is 0 Å². The van der Waals surface area contributed by atoms with Gasteiger partial charge in [0.2, 0.25) is 11.8 Å². The number of hydrogen-bond acceptors (Lipinski definition) is 3. The van der Waals surface area contributed by atoms with Crippen LogP contribution >= 0.6 is 0 Å². The molecule has 0 saturated carbocycles. The van der Waals surface area contributed by atoms with E-state index in [1.54, 1.807) is 12.2 Å². The Kier molecular flexibility index (Phi) is 6.06. The van der Waals surface area contributed by atoms with Gasteiger partial charge in [-0.3, -0.25) is 14.3 Å². The Morgan fingerprint density at radius 1 is 1.26 bits per heavy atom. The Bertz CT molecular complexity index is 836. The van der Waals surface area contributed by atoms with E-state index >= 15 is 0 Å². The zero-order valence-corrected chi connectivity index (χ0v) is 15.9. The Balaban J connectivity index is 1.42. The van der Waals surface area contributed by atoms with Gasteiger partial charge in [-0.15, -0.1) is 0 Å². The minimum absolute atomic E-state index is 0.109. The highest BCUT2D eigenvalue weighted by atomic mass is 16.2. The molecule has 2 heterocycles. The molecule has 0 unspecified atom stereocenters. The van der Waals surface area contributed by atoms with Gasteiger partial charge in [0.25, 0.3) is 0 Å². The first kappa shape index (κ1) is 18.9. The van der Waals surface area contributed by atoms with Gasteiger partial charge in [0.15, 0.2) is 0 Å². The third-order valence-corrected chi connectivity index (χ3v) is 4.65. The quantitative estimate of drug-likeness (QED) is 0.605. The van der Waals surface area contributed by atoms with Gasteiger partial charge in [-0.05, 0) is 56.5 Å². The maximum atomic E-state index is 11.9.